The van der Waals surface area contributed by atoms with Gasteiger partial charge in [-0.15, -0.1) is 10.2 Å². The predicted molar refractivity (Wildman–Crippen MR) is 113 cm³/mol. The molecule has 0 aliphatic rings. The van der Waals surface area contributed by atoms with Crippen molar-refractivity contribution in [3.63, 3.8) is 0 Å². The van der Waals surface area contributed by atoms with E-state index in [2.05, 4.69) is 34.6 Å². The van der Waals surface area contributed by atoms with Gasteiger partial charge in [-0.25, -0.2) is 0 Å². The van der Waals surface area contributed by atoms with Crippen molar-refractivity contribution in [1.82, 2.24) is 15.5 Å². The molecular formula is C22H25N3O3S. The first-order valence-electron chi connectivity index (χ1n) is 9.47. The highest BCUT2D eigenvalue weighted by Crippen LogP contribution is 2.21. The van der Waals surface area contributed by atoms with Gasteiger partial charge in [0.1, 0.15) is 5.75 Å². The first-order valence-corrected chi connectivity index (χ1v) is 10.5. The van der Waals surface area contributed by atoms with Crippen LogP contribution in [0.15, 0.2) is 52.1 Å². The molecule has 0 atom stereocenters. The van der Waals surface area contributed by atoms with Gasteiger partial charge in [0.05, 0.1) is 5.75 Å². The molecule has 6 nitrogen and oxygen atoms in total. The lowest BCUT2D eigenvalue weighted by molar-refractivity contribution is -0.118. The van der Waals surface area contributed by atoms with Crippen molar-refractivity contribution >= 4 is 17.7 Å². The maximum absolute atomic E-state index is 12.0. The molecule has 0 aliphatic heterocycles. The third kappa shape index (κ3) is 6.35. The highest BCUT2D eigenvalue weighted by atomic mass is 32.2. The molecule has 29 heavy (non-hydrogen) atoms. The van der Waals surface area contributed by atoms with Crippen LogP contribution >= 0.6 is 11.8 Å². The first-order chi connectivity index (χ1) is 14.0. The van der Waals surface area contributed by atoms with E-state index < -0.39 is 0 Å². The van der Waals surface area contributed by atoms with Crippen LogP contribution in [-0.4, -0.2) is 28.4 Å². The van der Waals surface area contributed by atoms with Gasteiger partial charge in [-0.2, -0.15) is 0 Å². The molecule has 0 fully saturated rings. The average Bonchev–Trinajstić information content (AvgIpc) is 3.16. The van der Waals surface area contributed by atoms with E-state index in [0.717, 1.165) is 23.3 Å². The second kappa shape index (κ2) is 10.1. The van der Waals surface area contributed by atoms with Gasteiger partial charge < -0.3 is 14.5 Å². The topological polar surface area (TPSA) is 77.2 Å². The third-order valence-corrected chi connectivity index (χ3v) is 5.27. The van der Waals surface area contributed by atoms with Crippen LogP contribution in [0.3, 0.4) is 0 Å². The second-order valence-electron chi connectivity index (χ2n) is 6.83. The van der Waals surface area contributed by atoms with E-state index in [1.54, 1.807) is 0 Å². The number of rotatable bonds is 9. The molecule has 1 amide bonds. The zero-order chi connectivity index (χ0) is 20.6. The molecule has 0 aliphatic carbocycles. The van der Waals surface area contributed by atoms with Crippen LogP contribution < -0.4 is 10.1 Å². The largest absolute Gasteiger partial charge is 0.484 e. The van der Waals surface area contributed by atoms with Crippen LogP contribution in [0.4, 0.5) is 0 Å². The van der Waals surface area contributed by atoms with Crippen molar-refractivity contribution in [3.05, 3.63) is 70.6 Å². The molecule has 1 heterocycles. The van der Waals surface area contributed by atoms with Crippen molar-refractivity contribution in [2.45, 2.75) is 39.0 Å². The summed E-state index contributed by atoms with van der Waals surface area (Å²) in [7, 11) is 0. The minimum atomic E-state index is -0.0602. The Hall–Kier alpha value is -2.80. The Morgan fingerprint density at radius 2 is 1.93 bits per heavy atom. The number of thioether (sulfide) groups is 1. The summed E-state index contributed by atoms with van der Waals surface area (Å²) in [6, 6.07) is 14.2. The Kier molecular flexibility index (Phi) is 7.30. The van der Waals surface area contributed by atoms with Gasteiger partial charge in [-0.1, -0.05) is 48.2 Å². The summed E-state index contributed by atoms with van der Waals surface area (Å²) in [5.74, 6) is 1.35. The van der Waals surface area contributed by atoms with Gasteiger partial charge in [-0.05, 0) is 55.5 Å². The Balaban J connectivity index is 1.40. The molecule has 0 saturated heterocycles. The zero-order valence-electron chi connectivity index (χ0n) is 16.9. The molecule has 0 bridgehead atoms. The average molecular weight is 412 g/mol. The lowest BCUT2D eigenvalue weighted by Crippen LogP contribution is -2.27. The SMILES string of the molecule is Cc1ccc(C)c(OCc2nnc(SCC(=O)NCCc3ccccc3C)o2)c1. The Morgan fingerprint density at radius 3 is 2.76 bits per heavy atom. The van der Waals surface area contributed by atoms with Crippen LogP contribution in [0.25, 0.3) is 0 Å². The monoisotopic (exact) mass is 411 g/mol. The van der Waals surface area contributed by atoms with E-state index >= 15 is 0 Å². The first kappa shape index (κ1) is 20.9. The van der Waals surface area contributed by atoms with Crippen molar-refractivity contribution in [2.75, 3.05) is 12.3 Å². The molecule has 1 N–H and O–H groups in total. The van der Waals surface area contributed by atoms with E-state index in [4.69, 9.17) is 9.15 Å². The number of nitrogens with one attached hydrogen (secondary N) is 1. The van der Waals surface area contributed by atoms with Gasteiger partial charge in [0.2, 0.25) is 5.91 Å². The summed E-state index contributed by atoms with van der Waals surface area (Å²) in [6.45, 7) is 6.87. The summed E-state index contributed by atoms with van der Waals surface area (Å²) in [5, 5.41) is 11.2. The molecule has 0 radical (unpaired) electrons. The summed E-state index contributed by atoms with van der Waals surface area (Å²) >= 11 is 1.22. The summed E-state index contributed by atoms with van der Waals surface area (Å²) in [6.07, 6.45) is 0.809. The lowest BCUT2D eigenvalue weighted by atomic mass is 10.1. The van der Waals surface area contributed by atoms with Gasteiger partial charge in [-0.3, -0.25) is 4.79 Å². The Labute approximate surface area is 175 Å². The third-order valence-electron chi connectivity index (χ3n) is 4.45. The van der Waals surface area contributed by atoms with Crippen LogP contribution in [0.1, 0.15) is 28.1 Å². The minimum absolute atomic E-state index is 0.0602. The van der Waals surface area contributed by atoms with Crippen molar-refractivity contribution in [3.8, 4) is 5.75 Å². The quantitative estimate of drug-likeness (QED) is 0.536. The van der Waals surface area contributed by atoms with Gasteiger partial charge in [0.25, 0.3) is 11.1 Å². The summed E-state index contributed by atoms with van der Waals surface area (Å²) < 4.78 is 11.3. The number of aryl methyl sites for hydroxylation is 3. The van der Waals surface area contributed by atoms with Crippen molar-refractivity contribution in [1.29, 1.82) is 0 Å². The molecule has 7 heteroatoms. The van der Waals surface area contributed by atoms with E-state index in [1.165, 1.54) is 22.9 Å². The summed E-state index contributed by atoms with van der Waals surface area (Å²) in [5.41, 5.74) is 4.65. The fourth-order valence-corrected chi connectivity index (χ4v) is 3.37. The zero-order valence-corrected chi connectivity index (χ0v) is 17.7. The molecular weight excluding hydrogens is 386 g/mol. The molecule has 3 rings (SSSR count). The number of carbonyl (C=O) groups is 1. The fraction of sp³-hybridized carbons (Fsp3) is 0.318. The van der Waals surface area contributed by atoms with E-state index in [1.807, 2.05) is 44.2 Å². The number of amides is 1. The van der Waals surface area contributed by atoms with Crippen LogP contribution in [0, 0.1) is 20.8 Å². The van der Waals surface area contributed by atoms with E-state index in [0.29, 0.717) is 17.7 Å². The van der Waals surface area contributed by atoms with Gasteiger partial charge in [0, 0.05) is 6.54 Å². The summed E-state index contributed by atoms with van der Waals surface area (Å²) in [4.78, 5) is 12.0. The number of carbonyl (C=O) groups excluding carboxylic acids is 1. The molecule has 152 valence electrons. The van der Waals surface area contributed by atoms with Crippen molar-refractivity contribution in [2.24, 2.45) is 0 Å². The van der Waals surface area contributed by atoms with Crippen molar-refractivity contribution < 1.29 is 13.9 Å². The highest BCUT2D eigenvalue weighted by molar-refractivity contribution is 7.99. The smallest absolute Gasteiger partial charge is 0.277 e. The minimum Gasteiger partial charge on any atom is -0.484 e. The van der Waals surface area contributed by atoms with Crippen LogP contribution in [-0.2, 0) is 17.8 Å². The Bertz CT molecular complexity index is 971. The maximum Gasteiger partial charge on any atom is 0.277 e. The fourth-order valence-electron chi connectivity index (χ4n) is 2.76. The number of ether oxygens (including phenoxy) is 1. The van der Waals surface area contributed by atoms with Crippen LogP contribution in [0.2, 0.25) is 0 Å². The highest BCUT2D eigenvalue weighted by Gasteiger charge is 2.11. The number of nitrogens with zero attached hydrogens (tertiary/aromatic N) is 2. The second-order valence-corrected chi connectivity index (χ2v) is 7.76. The lowest BCUT2D eigenvalue weighted by Gasteiger charge is -2.07. The molecule has 3 aromatic rings. The predicted octanol–water partition coefficient (Wildman–Crippen LogP) is 4.02. The molecule has 0 saturated carbocycles. The standard InChI is InChI=1S/C22H25N3O3S/c1-15-8-9-17(3)19(12-15)27-13-21-24-25-22(28-21)29-14-20(26)23-11-10-18-7-5-4-6-16(18)2/h4-9,12H,10-11,13-14H2,1-3H3,(H,23,26). The Morgan fingerprint density at radius 1 is 1.10 bits per heavy atom. The van der Waals surface area contributed by atoms with Gasteiger partial charge in [0.15, 0.2) is 6.61 Å². The molecule has 1 aromatic heterocycles. The number of benzene rings is 2. The number of hydrogen-bond donors (Lipinski definition) is 1. The van der Waals surface area contributed by atoms with E-state index in [9.17, 15) is 4.79 Å². The maximum atomic E-state index is 12.0. The number of aromatic nitrogens is 2. The molecule has 0 spiro atoms. The van der Waals surface area contributed by atoms with Crippen LogP contribution in [0.5, 0.6) is 5.75 Å². The molecule has 2 aromatic carbocycles. The van der Waals surface area contributed by atoms with Gasteiger partial charge >= 0.3 is 0 Å². The molecule has 0 unspecified atom stereocenters. The van der Waals surface area contributed by atoms with E-state index in [-0.39, 0.29) is 18.3 Å². The number of hydrogen-bond acceptors (Lipinski definition) is 6. The normalized spacial score (nSPS) is 10.7.